The highest BCUT2D eigenvalue weighted by atomic mass is 79.9. The topological polar surface area (TPSA) is 72.8 Å². The van der Waals surface area contributed by atoms with Gasteiger partial charge in [-0.2, -0.15) is 10.5 Å². The van der Waals surface area contributed by atoms with Crippen molar-refractivity contribution in [3.8, 4) is 12.1 Å². The minimum atomic E-state index is -0.104. The van der Waals surface area contributed by atoms with E-state index in [1.54, 1.807) is 4.90 Å². The molecule has 0 saturated heterocycles. The molecule has 1 fully saturated rings. The first kappa shape index (κ1) is 14.6. The Balaban J connectivity index is 2.17. The zero-order valence-corrected chi connectivity index (χ0v) is 12.6. The van der Waals surface area contributed by atoms with E-state index in [2.05, 4.69) is 15.9 Å². The summed E-state index contributed by atoms with van der Waals surface area (Å²) in [6.45, 7) is 0.731. The number of nitrogens with zero attached hydrogens (tertiary/aromatic N) is 4. The summed E-state index contributed by atoms with van der Waals surface area (Å²) in [7, 11) is 0. The lowest BCUT2D eigenvalue weighted by atomic mass is 10.3. The van der Waals surface area contributed by atoms with E-state index >= 15 is 0 Å². The molecule has 0 unspecified atom stereocenters. The number of carbonyl (C=O) groups is 1. The van der Waals surface area contributed by atoms with Gasteiger partial charge in [0.1, 0.15) is 5.69 Å². The van der Waals surface area contributed by atoms with E-state index in [1.165, 1.54) is 0 Å². The lowest BCUT2D eigenvalue weighted by molar-refractivity contribution is 0.0751. The van der Waals surface area contributed by atoms with Gasteiger partial charge in [-0.1, -0.05) is 0 Å². The van der Waals surface area contributed by atoms with E-state index in [-0.39, 0.29) is 18.7 Å². The number of carbonyl (C=O) groups excluding carboxylic acids is 1. The van der Waals surface area contributed by atoms with Crippen LogP contribution in [-0.4, -0.2) is 28.5 Å². The zero-order chi connectivity index (χ0) is 14.5. The molecule has 1 amide bonds. The third-order valence-electron chi connectivity index (χ3n) is 3.25. The average molecular weight is 335 g/mol. The van der Waals surface area contributed by atoms with Crippen LogP contribution in [-0.2, 0) is 0 Å². The fourth-order valence-corrected chi connectivity index (χ4v) is 2.56. The molecule has 0 aliphatic heterocycles. The van der Waals surface area contributed by atoms with Crippen molar-refractivity contribution >= 4 is 21.8 Å². The van der Waals surface area contributed by atoms with Gasteiger partial charge in [0.25, 0.3) is 5.91 Å². The molecule has 0 spiro atoms. The molecule has 104 valence electrons. The molecule has 1 heterocycles. The van der Waals surface area contributed by atoms with Crippen molar-refractivity contribution in [2.75, 3.05) is 13.1 Å². The highest BCUT2D eigenvalue weighted by molar-refractivity contribution is 9.10. The van der Waals surface area contributed by atoms with Crippen LogP contribution in [0.1, 0.15) is 42.2 Å². The predicted molar refractivity (Wildman–Crippen MR) is 76.8 cm³/mol. The van der Waals surface area contributed by atoms with Gasteiger partial charge in [-0.15, -0.1) is 0 Å². The summed E-state index contributed by atoms with van der Waals surface area (Å²) in [5, 5.41) is 17.4. The van der Waals surface area contributed by atoms with Crippen molar-refractivity contribution in [3.05, 3.63) is 22.4 Å². The van der Waals surface area contributed by atoms with Gasteiger partial charge in [-0.3, -0.25) is 4.79 Å². The zero-order valence-electron chi connectivity index (χ0n) is 11.0. The Labute approximate surface area is 126 Å². The van der Waals surface area contributed by atoms with Crippen molar-refractivity contribution in [2.45, 2.75) is 31.7 Å². The molecule has 1 aromatic rings. The SMILES string of the molecule is N#CCCN(CCC#N)C(=O)c1cc(Br)cn1C1CC1. The first-order chi connectivity index (χ1) is 9.67. The van der Waals surface area contributed by atoms with E-state index in [9.17, 15) is 4.79 Å². The van der Waals surface area contributed by atoms with Crippen LogP contribution in [0.25, 0.3) is 0 Å². The van der Waals surface area contributed by atoms with Crippen LogP contribution in [0.15, 0.2) is 16.7 Å². The fourth-order valence-electron chi connectivity index (χ4n) is 2.12. The third kappa shape index (κ3) is 3.40. The average Bonchev–Trinajstić information content (AvgIpc) is 3.21. The highest BCUT2D eigenvalue weighted by Gasteiger charge is 2.29. The molecule has 6 heteroatoms. The van der Waals surface area contributed by atoms with Crippen LogP contribution < -0.4 is 0 Å². The molecule has 0 aromatic carbocycles. The van der Waals surface area contributed by atoms with Crippen molar-refractivity contribution in [1.82, 2.24) is 9.47 Å². The summed E-state index contributed by atoms with van der Waals surface area (Å²) < 4.78 is 2.88. The van der Waals surface area contributed by atoms with Gasteiger partial charge in [0.05, 0.1) is 25.0 Å². The van der Waals surface area contributed by atoms with Crippen molar-refractivity contribution < 1.29 is 4.79 Å². The maximum Gasteiger partial charge on any atom is 0.270 e. The Bertz CT molecular complexity index is 559. The van der Waals surface area contributed by atoms with Crippen LogP contribution >= 0.6 is 15.9 Å². The second-order valence-electron chi connectivity index (χ2n) is 4.79. The summed E-state index contributed by atoms with van der Waals surface area (Å²) in [4.78, 5) is 14.2. The molecule has 1 aliphatic carbocycles. The number of hydrogen-bond donors (Lipinski definition) is 0. The van der Waals surface area contributed by atoms with Crippen LogP contribution in [0.3, 0.4) is 0 Å². The molecule has 1 aromatic heterocycles. The lowest BCUT2D eigenvalue weighted by Gasteiger charge is -2.21. The Kier molecular flexibility index (Phi) is 4.81. The fraction of sp³-hybridized carbons (Fsp3) is 0.500. The molecule has 20 heavy (non-hydrogen) atoms. The van der Waals surface area contributed by atoms with E-state index in [4.69, 9.17) is 10.5 Å². The minimum Gasteiger partial charge on any atom is -0.339 e. The summed E-state index contributed by atoms with van der Waals surface area (Å²) >= 11 is 3.41. The first-order valence-electron chi connectivity index (χ1n) is 6.58. The van der Waals surface area contributed by atoms with Gasteiger partial charge in [-0.05, 0) is 34.8 Å². The molecule has 1 saturated carbocycles. The summed E-state index contributed by atoms with van der Waals surface area (Å²) in [6.07, 6.45) is 4.68. The molecular weight excluding hydrogens is 320 g/mol. The number of hydrogen-bond acceptors (Lipinski definition) is 3. The van der Waals surface area contributed by atoms with Crippen LogP contribution in [0, 0.1) is 22.7 Å². The van der Waals surface area contributed by atoms with Gasteiger partial charge in [0, 0.05) is 29.8 Å². The first-order valence-corrected chi connectivity index (χ1v) is 7.37. The van der Waals surface area contributed by atoms with Gasteiger partial charge in [0.15, 0.2) is 0 Å². The normalized spacial score (nSPS) is 13.6. The quantitative estimate of drug-likeness (QED) is 0.802. The standard InChI is InChI=1S/C14H15BrN4O/c15-11-9-13(19(10-11)12-3-4-12)14(20)18(7-1-5-16)8-2-6-17/h9-10,12H,1-4,7-8H2. The maximum atomic E-state index is 12.6. The number of halogens is 1. The Hall–Kier alpha value is -1.79. The van der Waals surface area contributed by atoms with Crippen LogP contribution in [0.5, 0.6) is 0 Å². The van der Waals surface area contributed by atoms with Crippen LogP contribution in [0.4, 0.5) is 0 Å². The Morgan fingerprint density at radius 1 is 1.35 bits per heavy atom. The molecule has 0 radical (unpaired) electrons. The second kappa shape index (κ2) is 6.58. The smallest absolute Gasteiger partial charge is 0.270 e. The third-order valence-corrected chi connectivity index (χ3v) is 3.68. The molecule has 5 nitrogen and oxygen atoms in total. The minimum absolute atomic E-state index is 0.104. The molecule has 2 rings (SSSR count). The number of rotatable bonds is 6. The number of nitriles is 2. The Morgan fingerprint density at radius 3 is 2.45 bits per heavy atom. The van der Waals surface area contributed by atoms with Crippen molar-refractivity contribution in [3.63, 3.8) is 0 Å². The van der Waals surface area contributed by atoms with E-state index < -0.39 is 0 Å². The van der Waals surface area contributed by atoms with Gasteiger partial charge < -0.3 is 9.47 Å². The highest BCUT2D eigenvalue weighted by Crippen LogP contribution is 2.37. The van der Waals surface area contributed by atoms with Gasteiger partial charge >= 0.3 is 0 Å². The van der Waals surface area contributed by atoms with Crippen LogP contribution in [0.2, 0.25) is 0 Å². The number of amides is 1. The van der Waals surface area contributed by atoms with Gasteiger partial charge in [-0.25, -0.2) is 0 Å². The van der Waals surface area contributed by atoms with E-state index in [1.807, 2.05) is 29.0 Å². The summed E-state index contributed by atoms with van der Waals surface area (Å²) in [5.74, 6) is -0.104. The van der Waals surface area contributed by atoms with E-state index in [0.717, 1.165) is 17.3 Å². The Morgan fingerprint density at radius 2 is 1.95 bits per heavy atom. The monoisotopic (exact) mass is 334 g/mol. The second-order valence-corrected chi connectivity index (χ2v) is 5.71. The summed E-state index contributed by atoms with van der Waals surface area (Å²) in [6, 6.07) is 6.31. The predicted octanol–water partition coefficient (Wildman–Crippen LogP) is 2.86. The molecule has 1 aliphatic rings. The maximum absolute atomic E-state index is 12.6. The number of aromatic nitrogens is 1. The van der Waals surface area contributed by atoms with Crippen molar-refractivity contribution in [2.24, 2.45) is 0 Å². The van der Waals surface area contributed by atoms with E-state index in [0.29, 0.717) is 24.8 Å². The molecule has 0 N–H and O–H groups in total. The summed E-state index contributed by atoms with van der Waals surface area (Å²) in [5.41, 5.74) is 0.634. The van der Waals surface area contributed by atoms with Crippen molar-refractivity contribution in [1.29, 1.82) is 10.5 Å². The molecular formula is C14H15BrN4O. The van der Waals surface area contributed by atoms with Gasteiger partial charge in [0.2, 0.25) is 0 Å². The largest absolute Gasteiger partial charge is 0.339 e. The molecule has 0 atom stereocenters. The molecule has 0 bridgehead atoms. The lowest BCUT2D eigenvalue weighted by Crippen LogP contribution is -2.34.